The number of hydrogen-bond acceptors (Lipinski definition) is 2. The average Bonchev–Trinajstić information content (AvgIpc) is 2.32. The molecule has 86 valence electrons. The average molecular weight is 311 g/mol. The van der Waals surface area contributed by atoms with E-state index >= 15 is 0 Å². The minimum Gasteiger partial charge on any atom is -0.298 e. The van der Waals surface area contributed by atoms with Gasteiger partial charge >= 0.3 is 0 Å². The van der Waals surface area contributed by atoms with E-state index in [-0.39, 0.29) is 5.82 Å². The normalized spacial score (nSPS) is 10.2. The molecule has 0 saturated carbocycles. The Hall–Kier alpha value is -1.13. The van der Waals surface area contributed by atoms with E-state index in [9.17, 15) is 9.18 Å². The van der Waals surface area contributed by atoms with Crippen molar-refractivity contribution >= 4 is 34.0 Å². The van der Waals surface area contributed by atoms with Crippen LogP contribution in [-0.4, -0.2) is 6.29 Å². The van der Waals surface area contributed by atoms with Gasteiger partial charge in [0.25, 0.3) is 0 Å². The van der Waals surface area contributed by atoms with Crippen LogP contribution in [0.1, 0.15) is 10.4 Å². The Kier molecular flexibility index (Phi) is 3.97. The van der Waals surface area contributed by atoms with Crippen LogP contribution in [0.5, 0.6) is 0 Å². The SMILES string of the molecule is O=Cc1ccc(Sc2cccc(Br)c2)c(F)c1. The largest absolute Gasteiger partial charge is 0.298 e. The maximum Gasteiger partial charge on any atom is 0.150 e. The molecular weight excluding hydrogens is 303 g/mol. The van der Waals surface area contributed by atoms with E-state index in [0.717, 1.165) is 9.37 Å². The summed E-state index contributed by atoms with van der Waals surface area (Å²) in [7, 11) is 0. The highest BCUT2D eigenvalue weighted by Gasteiger charge is 2.05. The molecule has 2 aromatic rings. The van der Waals surface area contributed by atoms with E-state index in [1.54, 1.807) is 12.1 Å². The highest BCUT2D eigenvalue weighted by atomic mass is 79.9. The molecule has 0 N–H and O–H groups in total. The predicted octanol–water partition coefficient (Wildman–Crippen LogP) is 4.55. The Labute approximate surface area is 111 Å². The van der Waals surface area contributed by atoms with Crippen LogP contribution in [-0.2, 0) is 0 Å². The first-order valence-electron chi connectivity index (χ1n) is 4.87. The van der Waals surface area contributed by atoms with Gasteiger partial charge in [-0.3, -0.25) is 4.79 Å². The summed E-state index contributed by atoms with van der Waals surface area (Å²) in [5.41, 5.74) is 0.348. The molecule has 2 rings (SSSR count). The summed E-state index contributed by atoms with van der Waals surface area (Å²) in [6, 6.07) is 12.1. The quantitative estimate of drug-likeness (QED) is 0.773. The van der Waals surface area contributed by atoms with E-state index in [1.165, 1.54) is 17.8 Å². The van der Waals surface area contributed by atoms with Gasteiger partial charge in [-0.15, -0.1) is 0 Å². The smallest absolute Gasteiger partial charge is 0.150 e. The van der Waals surface area contributed by atoms with Crippen molar-refractivity contribution < 1.29 is 9.18 Å². The summed E-state index contributed by atoms with van der Waals surface area (Å²) in [6.07, 6.45) is 0.636. The molecule has 0 saturated heterocycles. The standard InChI is InChI=1S/C13H8BrFOS/c14-10-2-1-3-11(7-10)17-13-5-4-9(8-16)6-12(13)15/h1-8H. The topological polar surface area (TPSA) is 17.1 Å². The lowest BCUT2D eigenvalue weighted by molar-refractivity contribution is 0.112. The first-order chi connectivity index (χ1) is 8.19. The fourth-order valence-electron chi connectivity index (χ4n) is 1.33. The molecule has 0 aliphatic carbocycles. The Morgan fingerprint density at radius 3 is 2.65 bits per heavy atom. The molecule has 0 amide bonds. The van der Waals surface area contributed by atoms with Gasteiger partial charge in [-0.1, -0.05) is 39.8 Å². The van der Waals surface area contributed by atoms with Crippen LogP contribution in [0.2, 0.25) is 0 Å². The zero-order valence-corrected chi connectivity index (χ0v) is 11.1. The molecule has 17 heavy (non-hydrogen) atoms. The Morgan fingerprint density at radius 2 is 2.00 bits per heavy atom. The highest BCUT2D eigenvalue weighted by molar-refractivity contribution is 9.10. The molecule has 0 bridgehead atoms. The van der Waals surface area contributed by atoms with Crippen molar-refractivity contribution in [2.45, 2.75) is 9.79 Å². The molecule has 0 atom stereocenters. The zero-order valence-electron chi connectivity index (χ0n) is 8.69. The summed E-state index contributed by atoms with van der Waals surface area (Å²) < 4.78 is 14.6. The van der Waals surface area contributed by atoms with E-state index in [0.29, 0.717) is 16.7 Å². The van der Waals surface area contributed by atoms with Gasteiger partial charge in [-0.2, -0.15) is 0 Å². The maximum absolute atomic E-state index is 13.6. The number of hydrogen-bond donors (Lipinski definition) is 0. The molecule has 0 fully saturated rings. The predicted molar refractivity (Wildman–Crippen MR) is 70.1 cm³/mol. The fourth-order valence-corrected chi connectivity index (χ4v) is 2.76. The van der Waals surface area contributed by atoms with Gasteiger partial charge < -0.3 is 0 Å². The summed E-state index contributed by atoms with van der Waals surface area (Å²) in [4.78, 5) is 11.9. The zero-order chi connectivity index (χ0) is 12.3. The molecule has 0 aromatic heterocycles. The van der Waals surface area contributed by atoms with Crippen LogP contribution in [0, 0.1) is 5.82 Å². The molecule has 0 radical (unpaired) electrons. The van der Waals surface area contributed by atoms with E-state index < -0.39 is 0 Å². The van der Waals surface area contributed by atoms with Crippen LogP contribution < -0.4 is 0 Å². The fraction of sp³-hybridized carbons (Fsp3) is 0. The van der Waals surface area contributed by atoms with Gasteiger partial charge in [-0.25, -0.2) is 4.39 Å². The summed E-state index contributed by atoms with van der Waals surface area (Å²) in [5, 5.41) is 0. The summed E-state index contributed by atoms with van der Waals surface area (Å²) in [6.45, 7) is 0. The third-order valence-electron chi connectivity index (χ3n) is 2.12. The third-order valence-corrected chi connectivity index (χ3v) is 3.65. The number of benzene rings is 2. The number of carbonyl (C=O) groups excluding carboxylic acids is 1. The van der Waals surface area contributed by atoms with Crippen molar-refractivity contribution in [3.63, 3.8) is 0 Å². The second-order valence-electron chi connectivity index (χ2n) is 3.37. The van der Waals surface area contributed by atoms with Crippen molar-refractivity contribution in [1.82, 2.24) is 0 Å². The van der Waals surface area contributed by atoms with Crippen LogP contribution in [0.15, 0.2) is 56.7 Å². The van der Waals surface area contributed by atoms with Crippen molar-refractivity contribution in [3.8, 4) is 0 Å². The molecule has 0 heterocycles. The van der Waals surface area contributed by atoms with Crippen LogP contribution >= 0.6 is 27.7 Å². The Morgan fingerprint density at radius 1 is 1.18 bits per heavy atom. The second kappa shape index (κ2) is 5.47. The third kappa shape index (κ3) is 3.17. The number of aldehydes is 1. The lowest BCUT2D eigenvalue weighted by Crippen LogP contribution is -1.85. The first-order valence-corrected chi connectivity index (χ1v) is 6.48. The van der Waals surface area contributed by atoms with Crippen molar-refractivity contribution in [2.24, 2.45) is 0 Å². The maximum atomic E-state index is 13.6. The monoisotopic (exact) mass is 310 g/mol. The minimum absolute atomic E-state index is 0.348. The van der Waals surface area contributed by atoms with E-state index in [1.807, 2.05) is 24.3 Å². The first kappa shape index (κ1) is 12.3. The lowest BCUT2D eigenvalue weighted by atomic mass is 10.2. The molecule has 0 aliphatic heterocycles. The summed E-state index contributed by atoms with van der Waals surface area (Å²) >= 11 is 4.69. The molecular formula is C13H8BrFOS. The van der Waals surface area contributed by atoms with Crippen molar-refractivity contribution in [3.05, 3.63) is 58.3 Å². The van der Waals surface area contributed by atoms with Gasteiger partial charge in [0.1, 0.15) is 12.1 Å². The van der Waals surface area contributed by atoms with Crippen LogP contribution in [0.25, 0.3) is 0 Å². The van der Waals surface area contributed by atoms with E-state index in [2.05, 4.69) is 15.9 Å². The Bertz CT molecular complexity index is 557. The molecule has 0 unspecified atom stereocenters. The van der Waals surface area contributed by atoms with E-state index in [4.69, 9.17) is 0 Å². The highest BCUT2D eigenvalue weighted by Crippen LogP contribution is 2.31. The molecule has 1 nitrogen and oxygen atoms in total. The molecule has 0 spiro atoms. The number of carbonyl (C=O) groups is 1. The van der Waals surface area contributed by atoms with Gasteiger partial charge in [0, 0.05) is 19.8 Å². The molecule has 4 heteroatoms. The Balaban J connectivity index is 2.27. The van der Waals surface area contributed by atoms with Gasteiger partial charge in [0.15, 0.2) is 0 Å². The van der Waals surface area contributed by atoms with Crippen molar-refractivity contribution in [2.75, 3.05) is 0 Å². The van der Waals surface area contributed by atoms with Gasteiger partial charge in [0.05, 0.1) is 0 Å². The summed E-state index contributed by atoms with van der Waals surface area (Å²) in [5.74, 6) is -0.375. The van der Waals surface area contributed by atoms with Gasteiger partial charge in [0.2, 0.25) is 0 Å². The molecule has 2 aromatic carbocycles. The van der Waals surface area contributed by atoms with Crippen LogP contribution in [0.4, 0.5) is 4.39 Å². The number of rotatable bonds is 3. The minimum atomic E-state index is -0.375. The number of halogens is 2. The molecule has 0 aliphatic rings. The van der Waals surface area contributed by atoms with Gasteiger partial charge in [-0.05, 0) is 30.3 Å². The van der Waals surface area contributed by atoms with Crippen LogP contribution in [0.3, 0.4) is 0 Å². The van der Waals surface area contributed by atoms with Crippen molar-refractivity contribution in [1.29, 1.82) is 0 Å². The second-order valence-corrected chi connectivity index (χ2v) is 5.40. The lowest BCUT2D eigenvalue weighted by Gasteiger charge is -2.04.